The fourth-order valence-corrected chi connectivity index (χ4v) is 5.50. The predicted octanol–water partition coefficient (Wildman–Crippen LogP) is 2.67. The van der Waals surface area contributed by atoms with Crippen LogP contribution in [0, 0.1) is 23.2 Å². The third kappa shape index (κ3) is 10.1. The first-order valence-electron chi connectivity index (χ1n) is 14.9. The van der Waals surface area contributed by atoms with Gasteiger partial charge in [0.25, 0.3) is 5.91 Å². The molecule has 12 nitrogen and oxygen atoms in total. The molecular formula is C30H48N6O6S. The molecule has 1 aliphatic carbocycles. The molecule has 1 aliphatic heterocycles. The number of hydrogen-bond donors (Lipinski definition) is 4. The van der Waals surface area contributed by atoms with Gasteiger partial charge >= 0.3 is 6.03 Å². The SMILES string of the molecule is CC(NC(=O)[C@@H]1C[C@@H](C)CN1C(=O)C(NC(=O)NC(C(=O)c1nccs1)C(C)C)C(C)(C)C)C(=O)C(N)=O.CC1CCC1. The van der Waals surface area contributed by atoms with Gasteiger partial charge in [-0.15, -0.1) is 11.3 Å². The number of Topliss-reactive ketones (excluding diaryl/α,β-unsaturated/α-hetero) is 2. The molecule has 2 heterocycles. The van der Waals surface area contributed by atoms with Crippen LogP contribution in [0.4, 0.5) is 4.79 Å². The summed E-state index contributed by atoms with van der Waals surface area (Å²) < 4.78 is 0. The van der Waals surface area contributed by atoms with E-state index in [-0.39, 0.29) is 29.2 Å². The van der Waals surface area contributed by atoms with E-state index < -0.39 is 59.1 Å². The minimum Gasteiger partial charge on any atom is -0.363 e. The number of hydrogen-bond acceptors (Lipinski definition) is 8. The molecule has 5 amide bonds. The van der Waals surface area contributed by atoms with Gasteiger partial charge in [0.2, 0.25) is 23.4 Å². The van der Waals surface area contributed by atoms with Crippen molar-refractivity contribution in [2.75, 3.05) is 6.54 Å². The van der Waals surface area contributed by atoms with Crippen molar-refractivity contribution in [3.63, 3.8) is 0 Å². The van der Waals surface area contributed by atoms with Crippen LogP contribution in [0.1, 0.15) is 90.9 Å². The Balaban J connectivity index is 0.00000116. The maximum Gasteiger partial charge on any atom is 0.316 e. The summed E-state index contributed by atoms with van der Waals surface area (Å²) in [6.45, 7) is 14.7. The van der Waals surface area contributed by atoms with Crippen molar-refractivity contribution in [3.8, 4) is 0 Å². The van der Waals surface area contributed by atoms with Gasteiger partial charge in [-0.25, -0.2) is 9.78 Å². The maximum atomic E-state index is 13.7. The molecule has 13 heteroatoms. The van der Waals surface area contributed by atoms with E-state index in [9.17, 15) is 28.8 Å². The summed E-state index contributed by atoms with van der Waals surface area (Å²) in [7, 11) is 0. The lowest BCUT2D eigenvalue weighted by Gasteiger charge is -2.36. The first kappa shape index (κ1) is 35.8. The van der Waals surface area contributed by atoms with Gasteiger partial charge in [0.05, 0.1) is 12.1 Å². The lowest BCUT2D eigenvalue weighted by molar-refractivity contribution is -0.143. The van der Waals surface area contributed by atoms with Crippen molar-refractivity contribution in [1.29, 1.82) is 0 Å². The van der Waals surface area contributed by atoms with Crippen LogP contribution < -0.4 is 21.7 Å². The van der Waals surface area contributed by atoms with Gasteiger partial charge in [-0.05, 0) is 36.5 Å². The van der Waals surface area contributed by atoms with Crippen molar-refractivity contribution >= 4 is 46.7 Å². The molecule has 1 aromatic heterocycles. The summed E-state index contributed by atoms with van der Waals surface area (Å²) in [6, 6.07) is -4.62. The van der Waals surface area contributed by atoms with Crippen LogP contribution in [-0.4, -0.2) is 75.9 Å². The molecule has 1 saturated carbocycles. The van der Waals surface area contributed by atoms with E-state index in [0.29, 0.717) is 6.42 Å². The number of carbonyl (C=O) groups excluding carboxylic acids is 6. The standard InChI is InChI=1S/C25H38N6O6S.C5H10/c1-12(2)16(18(33)22-27-8-9-38-22)29-24(37)30-19(25(5,6)7)23(36)31-11-13(3)10-15(31)21(35)28-14(4)17(32)20(26)34;1-5-3-2-4-5/h8-9,12-16,19H,10-11H2,1-7H3,(H2,26,34)(H,28,35)(H2,29,30,37);5H,2-4H2,1H3/t13-,14?,15+,16?,19?;/m1./s1. The Bertz CT molecular complexity index is 1160. The van der Waals surface area contributed by atoms with E-state index in [1.165, 1.54) is 48.6 Å². The molecule has 0 aromatic carbocycles. The zero-order valence-electron chi connectivity index (χ0n) is 26.6. The topological polar surface area (TPSA) is 181 Å². The van der Waals surface area contributed by atoms with Crippen LogP contribution in [-0.2, 0) is 19.2 Å². The number of nitrogens with zero attached hydrogens (tertiary/aromatic N) is 2. The lowest BCUT2D eigenvalue weighted by Crippen LogP contribution is -2.61. The maximum absolute atomic E-state index is 13.7. The Morgan fingerprint density at radius 2 is 1.60 bits per heavy atom. The Morgan fingerprint density at radius 3 is 2.05 bits per heavy atom. The second-order valence-corrected chi connectivity index (χ2v) is 14.1. The number of primary amides is 1. The Morgan fingerprint density at radius 1 is 1.00 bits per heavy atom. The van der Waals surface area contributed by atoms with Crippen molar-refractivity contribution in [2.45, 2.75) is 105 Å². The van der Waals surface area contributed by atoms with E-state index in [2.05, 4.69) is 27.9 Å². The zero-order chi connectivity index (χ0) is 32.6. The summed E-state index contributed by atoms with van der Waals surface area (Å²) in [5, 5.41) is 9.80. The highest BCUT2D eigenvalue weighted by Crippen LogP contribution is 2.28. The first-order chi connectivity index (χ1) is 19.9. The molecule has 1 aromatic rings. The molecular weight excluding hydrogens is 572 g/mol. The third-order valence-electron chi connectivity index (χ3n) is 7.75. The fourth-order valence-electron chi connectivity index (χ4n) is 4.88. The van der Waals surface area contributed by atoms with E-state index in [0.717, 1.165) is 5.92 Å². The molecule has 2 aliphatic rings. The van der Waals surface area contributed by atoms with Crippen molar-refractivity contribution in [1.82, 2.24) is 25.8 Å². The lowest BCUT2D eigenvalue weighted by atomic mass is 9.85. The normalized spacial score (nSPS) is 20.5. The highest BCUT2D eigenvalue weighted by Gasteiger charge is 2.44. The Hall–Kier alpha value is -3.35. The van der Waals surface area contributed by atoms with Crippen LogP contribution in [0.25, 0.3) is 0 Å². The van der Waals surface area contributed by atoms with Crippen molar-refractivity contribution in [2.24, 2.45) is 28.9 Å². The second-order valence-electron chi connectivity index (χ2n) is 13.2. The number of nitrogens with one attached hydrogen (secondary N) is 3. The zero-order valence-corrected chi connectivity index (χ0v) is 27.4. The molecule has 1 saturated heterocycles. The molecule has 0 spiro atoms. The quantitative estimate of drug-likeness (QED) is 0.229. The second kappa shape index (κ2) is 15.4. The third-order valence-corrected chi connectivity index (χ3v) is 8.54. The number of ketones is 2. The van der Waals surface area contributed by atoms with Crippen LogP contribution in [0.5, 0.6) is 0 Å². The number of likely N-dealkylation sites (tertiary alicyclic amines) is 1. The van der Waals surface area contributed by atoms with Gasteiger partial charge in [0, 0.05) is 18.1 Å². The molecule has 3 rings (SSSR count). The van der Waals surface area contributed by atoms with Gasteiger partial charge in [0.1, 0.15) is 12.1 Å². The highest BCUT2D eigenvalue weighted by molar-refractivity contribution is 7.11. The van der Waals surface area contributed by atoms with Crippen molar-refractivity contribution in [3.05, 3.63) is 16.6 Å². The van der Waals surface area contributed by atoms with Gasteiger partial charge in [-0.2, -0.15) is 0 Å². The monoisotopic (exact) mass is 620 g/mol. The summed E-state index contributed by atoms with van der Waals surface area (Å²) in [6.07, 6.45) is 6.31. The van der Waals surface area contributed by atoms with Gasteiger partial charge < -0.3 is 26.6 Å². The average molecular weight is 621 g/mol. The summed E-state index contributed by atoms with van der Waals surface area (Å²) in [4.78, 5) is 81.1. The Labute approximate surface area is 258 Å². The number of rotatable bonds is 10. The average Bonchev–Trinajstić information content (AvgIpc) is 3.57. The van der Waals surface area contributed by atoms with Gasteiger partial charge in [0.15, 0.2) is 5.01 Å². The van der Waals surface area contributed by atoms with Crippen LogP contribution in [0.15, 0.2) is 11.6 Å². The fraction of sp³-hybridized carbons (Fsp3) is 0.700. The minimum atomic E-state index is -1.17. The molecule has 3 unspecified atom stereocenters. The van der Waals surface area contributed by atoms with E-state index in [4.69, 9.17) is 5.73 Å². The number of nitrogens with two attached hydrogens (primary N) is 1. The van der Waals surface area contributed by atoms with Crippen LogP contribution >= 0.6 is 11.3 Å². The molecule has 240 valence electrons. The van der Waals surface area contributed by atoms with Crippen LogP contribution in [0.2, 0.25) is 0 Å². The molecule has 2 fully saturated rings. The van der Waals surface area contributed by atoms with E-state index >= 15 is 0 Å². The van der Waals surface area contributed by atoms with Crippen LogP contribution in [0.3, 0.4) is 0 Å². The summed E-state index contributed by atoms with van der Waals surface area (Å²) >= 11 is 1.18. The highest BCUT2D eigenvalue weighted by atomic mass is 32.1. The number of amides is 5. The number of aromatic nitrogens is 1. The minimum absolute atomic E-state index is 0.0208. The first-order valence-corrected chi connectivity index (χ1v) is 15.8. The molecule has 5 N–H and O–H groups in total. The van der Waals surface area contributed by atoms with Gasteiger partial charge in [-0.1, -0.05) is 67.7 Å². The molecule has 5 atom stereocenters. The summed E-state index contributed by atoms with van der Waals surface area (Å²) in [5.41, 5.74) is 4.28. The largest absolute Gasteiger partial charge is 0.363 e. The molecule has 0 bridgehead atoms. The number of thiazole rings is 1. The number of urea groups is 1. The smallest absolute Gasteiger partial charge is 0.316 e. The van der Waals surface area contributed by atoms with Crippen molar-refractivity contribution < 1.29 is 28.8 Å². The number of carbonyl (C=O) groups is 6. The molecule has 43 heavy (non-hydrogen) atoms. The van der Waals surface area contributed by atoms with Gasteiger partial charge in [-0.3, -0.25) is 24.0 Å². The molecule has 0 radical (unpaired) electrons. The predicted molar refractivity (Wildman–Crippen MR) is 164 cm³/mol. The van der Waals surface area contributed by atoms with E-state index in [1.54, 1.807) is 40.0 Å². The Kier molecular flexibility index (Phi) is 12.8. The van der Waals surface area contributed by atoms with E-state index in [1.807, 2.05) is 6.92 Å². The summed E-state index contributed by atoms with van der Waals surface area (Å²) in [5.74, 6) is -2.69.